The van der Waals surface area contributed by atoms with Gasteiger partial charge in [-0.3, -0.25) is 29.0 Å². The van der Waals surface area contributed by atoms with Crippen molar-refractivity contribution in [3.63, 3.8) is 0 Å². The van der Waals surface area contributed by atoms with E-state index < -0.39 is 5.25 Å². The van der Waals surface area contributed by atoms with Crippen LogP contribution in [0.4, 0.5) is 0 Å². The molecule has 1 N–H and O–H groups in total. The van der Waals surface area contributed by atoms with E-state index in [-0.39, 0.29) is 35.3 Å². The van der Waals surface area contributed by atoms with Crippen LogP contribution in [0.15, 0.2) is 0 Å². The molecule has 2 heterocycles. The second kappa shape index (κ2) is 8.87. The predicted octanol–water partition coefficient (Wildman–Crippen LogP) is 1.37. The van der Waals surface area contributed by atoms with Crippen LogP contribution >= 0.6 is 23.8 Å². The molecule has 4 amide bonds. The molecule has 2 aliphatic rings. The standard InChI is InChI=1S/C15H22N2O5S2/c1-23-10-8-12(18)16(14(10)20)6-4-2-3-5-7-17-13(19)9-11(24-22)15(17)21/h10-11,22H,2-9H2,1H3. The molecule has 0 aromatic heterocycles. The number of carbonyl (C=O) groups excluding carboxylic acids is 4. The summed E-state index contributed by atoms with van der Waals surface area (Å²) in [4.78, 5) is 49.8. The topological polar surface area (TPSA) is 95.0 Å². The molecular formula is C15H22N2O5S2. The minimum Gasteiger partial charge on any atom is -0.329 e. The van der Waals surface area contributed by atoms with E-state index in [0.717, 1.165) is 19.3 Å². The highest BCUT2D eigenvalue weighted by Gasteiger charge is 2.39. The number of nitrogens with zero attached hydrogens (tertiary/aromatic N) is 2. The van der Waals surface area contributed by atoms with Crippen molar-refractivity contribution in [1.29, 1.82) is 0 Å². The van der Waals surface area contributed by atoms with Gasteiger partial charge in [-0.05, 0) is 19.1 Å². The number of hydrogen-bond acceptors (Lipinski definition) is 7. The van der Waals surface area contributed by atoms with Crippen molar-refractivity contribution in [3.8, 4) is 0 Å². The fourth-order valence-corrected chi connectivity index (χ4v) is 4.01. The average molecular weight is 374 g/mol. The minimum atomic E-state index is -0.658. The quantitative estimate of drug-likeness (QED) is 0.370. The number of imide groups is 2. The molecule has 7 nitrogen and oxygen atoms in total. The van der Waals surface area contributed by atoms with Crippen molar-refractivity contribution in [2.75, 3.05) is 19.3 Å². The Balaban J connectivity index is 1.62. The first-order valence-electron chi connectivity index (χ1n) is 8.01. The van der Waals surface area contributed by atoms with Crippen LogP contribution in [-0.4, -0.2) is 67.8 Å². The summed E-state index contributed by atoms with van der Waals surface area (Å²) in [7, 11) is 0. The fourth-order valence-electron chi connectivity index (χ4n) is 2.94. The molecule has 9 heteroatoms. The summed E-state index contributed by atoms with van der Waals surface area (Å²) >= 11 is 1.84. The normalized spacial score (nSPS) is 24.6. The molecule has 0 aromatic carbocycles. The van der Waals surface area contributed by atoms with Gasteiger partial charge in [-0.15, -0.1) is 0 Å². The molecular weight excluding hydrogens is 352 g/mol. The number of amides is 4. The lowest BCUT2D eigenvalue weighted by atomic mass is 10.2. The molecule has 2 saturated heterocycles. The maximum absolute atomic E-state index is 12.0. The van der Waals surface area contributed by atoms with E-state index in [0.29, 0.717) is 38.0 Å². The van der Waals surface area contributed by atoms with Gasteiger partial charge in [0.25, 0.3) is 0 Å². The smallest absolute Gasteiger partial charge is 0.245 e. The lowest BCUT2D eigenvalue weighted by molar-refractivity contribution is -0.140. The SMILES string of the molecule is CSC1CC(=O)N(CCCCCCN2C(=O)CC(SO)C2=O)C1=O. The van der Waals surface area contributed by atoms with Crippen molar-refractivity contribution < 1.29 is 23.7 Å². The van der Waals surface area contributed by atoms with Gasteiger partial charge >= 0.3 is 0 Å². The molecule has 0 radical (unpaired) electrons. The summed E-state index contributed by atoms with van der Waals surface area (Å²) in [6.07, 6.45) is 5.26. The van der Waals surface area contributed by atoms with Gasteiger partial charge in [-0.2, -0.15) is 11.8 Å². The van der Waals surface area contributed by atoms with Crippen molar-refractivity contribution in [2.45, 2.75) is 49.0 Å². The van der Waals surface area contributed by atoms with E-state index in [1.165, 1.54) is 21.6 Å². The highest BCUT2D eigenvalue weighted by molar-refractivity contribution is 8.00. The number of carbonyl (C=O) groups is 4. The van der Waals surface area contributed by atoms with Gasteiger partial charge in [0.15, 0.2) is 0 Å². The Hall–Kier alpha value is -1.06. The summed E-state index contributed by atoms with van der Waals surface area (Å²) in [5, 5.41) is -0.892. The van der Waals surface area contributed by atoms with Gasteiger partial charge in [0.2, 0.25) is 23.6 Å². The van der Waals surface area contributed by atoms with Crippen LogP contribution in [0, 0.1) is 0 Å². The molecule has 2 rings (SSSR count). The van der Waals surface area contributed by atoms with E-state index in [9.17, 15) is 19.2 Å². The van der Waals surface area contributed by atoms with Gasteiger partial charge < -0.3 is 4.55 Å². The second-order valence-corrected chi connectivity index (χ2v) is 7.73. The zero-order chi connectivity index (χ0) is 17.7. The van der Waals surface area contributed by atoms with Crippen LogP contribution in [0.5, 0.6) is 0 Å². The van der Waals surface area contributed by atoms with Crippen LogP contribution in [0.1, 0.15) is 38.5 Å². The third-order valence-corrected chi connectivity index (χ3v) is 5.89. The molecule has 134 valence electrons. The van der Waals surface area contributed by atoms with E-state index >= 15 is 0 Å². The molecule has 0 aromatic rings. The highest BCUT2D eigenvalue weighted by Crippen LogP contribution is 2.24. The number of unbranched alkanes of at least 4 members (excludes halogenated alkanes) is 3. The zero-order valence-corrected chi connectivity index (χ0v) is 15.2. The van der Waals surface area contributed by atoms with Crippen molar-refractivity contribution in [1.82, 2.24) is 9.80 Å². The van der Waals surface area contributed by atoms with Gasteiger partial charge in [0.05, 0.1) is 11.7 Å². The fraction of sp³-hybridized carbons (Fsp3) is 0.733. The Morgan fingerprint density at radius 1 is 0.875 bits per heavy atom. The lowest BCUT2D eigenvalue weighted by Crippen LogP contribution is -2.32. The van der Waals surface area contributed by atoms with Crippen LogP contribution < -0.4 is 0 Å². The zero-order valence-electron chi connectivity index (χ0n) is 13.6. The molecule has 0 bridgehead atoms. The Bertz CT molecular complexity index is 482. The molecule has 24 heavy (non-hydrogen) atoms. The number of thioether (sulfide) groups is 1. The van der Waals surface area contributed by atoms with E-state index in [1.54, 1.807) is 0 Å². The van der Waals surface area contributed by atoms with Crippen LogP contribution in [-0.2, 0) is 19.2 Å². The van der Waals surface area contributed by atoms with E-state index in [1.807, 2.05) is 6.26 Å². The molecule has 2 aliphatic heterocycles. The highest BCUT2D eigenvalue weighted by atomic mass is 32.2. The Kier molecular flexibility index (Phi) is 7.12. The first-order valence-corrected chi connectivity index (χ1v) is 10.1. The van der Waals surface area contributed by atoms with Crippen molar-refractivity contribution in [3.05, 3.63) is 0 Å². The van der Waals surface area contributed by atoms with Gasteiger partial charge in [-0.1, -0.05) is 12.8 Å². The van der Waals surface area contributed by atoms with Gasteiger partial charge in [-0.25, -0.2) is 0 Å². The summed E-state index contributed by atoms with van der Waals surface area (Å²) in [6.45, 7) is 0.810. The largest absolute Gasteiger partial charge is 0.329 e. The lowest BCUT2D eigenvalue weighted by Gasteiger charge is -2.15. The molecule has 2 fully saturated rings. The maximum Gasteiger partial charge on any atom is 0.245 e. The third-order valence-electron chi connectivity index (χ3n) is 4.33. The van der Waals surface area contributed by atoms with E-state index in [4.69, 9.17) is 4.55 Å². The van der Waals surface area contributed by atoms with Crippen molar-refractivity contribution >= 4 is 47.4 Å². The van der Waals surface area contributed by atoms with Gasteiger partial charge in [0.1, 0.15) is 5.25 Å². The van der Waals surface area contributed by atoms with Gasteiger partial charge in [0, 0.05) is 31.6 Å². The molecule has 0 spiro atoms. The summed E-state index contributed by atoms with van der Waals surface area (Å²) in [5.41, 5.74) is 0. The van der Waals surface area contributed by atoms with E-state index in [2.05, 4.69) is 0 Å². The van der Waals surface area contributed by atoms with Crippen LogP contribution in [0.2, 0.25) is 0 Å². The number of hydrogen-bond donors (Lipinski definition) is 1. The minimum absolute atomic E-state index is 0.0653. The monoisotopic (exact) mass is 374 g/mol. The molecule has 0 saturated carbocycles. The number of likely N-dealkylation sites (tertiary alicyclic amines) is 2. The second-order valence-electron chi connectivity index (χ2n) is 5.91. The van der Waals surface area contributed by atoms with Crippen LogP contribution in [0.25, 0.3) is 0 Å². The first kappa shape index (κ1) is 19.3. The number of rotatable bonds is 9. The molecule has 2 atom stereocenters. The van der Waals surface area contributed by atoms with Crippen molar-refractivity contribution in [2.24, 2.45) is 0 Å². The Labute approximate surface area is 149 Å². The Morgan fingerprint density at radius 2 is 1.33 bits per heavy atom. The summed E-state index contributed by atoms with van der Waals surface area (Å²) in [6, 6.07) is 0. The first-order chi connectivity index (χ1) is 11.5. The summed E-state index contributed by atoms with van der Waals surface area (Å²) in [5.74, 6) is -0.736. The summed E-state index contributed by atoms with van der Waals surface area (Å²) < 4.78 is 8.95. The molecule has 0 aliphatic carbocycles. The van der Waals surface area contributed by atoms with Crippen LogP contribution in [0.3, 0.4) is 0 Å². The average Bonchev–Trinajstić information content (AvgIpc) is 3.00. The third kappa shape index (κ3) is 4.31. The molecule has 2 unspecified atom stereocenters. The predicted molar refractivity (Wildman–Crippen MR) is 92.5 cm³/mol. The Morgan fingerprint density at radius 3 is 1.71 bits per heavy atom. The maximum atomic E-state index is 12.0.